The van der Waals surface area contributed by atoms with E-state index in [1.165, 1.54) is 24.9 Å². The van der Waals surface area contributed by atoms with Gasteiger partial charge < -0.3 is 24.8 Å². The molecule has 0 unspecified atom stereocenters. The lowest BCUT2D eigenvalue weighted by molar-refractivity contribution is -0.141. The van der Waals surface area contributed by atoms with Crippen molar-refractivity contribution >= 4 is 17.8 Å². The quantitative estimate of drug-likeness (QED) is 0.188. The Bertz CT molecular complexity index is 907. The lowest BCUT2D eigenvalue weighted by atomic mass is 10.1. The Kier molecular flexibility index (Phi) is 15.5. The molecule has 200 valence electrons. The third-order valence-corrected chi connectivity index (χ3v) is 5.10. The summed E-state index contributed by atoms with van der Waals surface area (Å²) in [6.07, 6.45) is 9.95. The molecule has 0 saturated carbocycles. The maximum Gasteiger partial charge on any atom is 0.325 e. The molecule has 2 N–H and O–H groups in total. The molecule has 1 aromatic rings. The van der Waals surface area contributed by atoms with Gasteiger partial charge in [0.15, 0.2) is 11.4 Å². The topological polar surface area (TPSA) is 116 Å². The number of hydrogen-bond donors (Lipinski definition) is 2. The highest BCUT2D eigenvalue weighted by molar-refractivity contribution is 5.99. The largest absolute Gasteiger partial charge is 0.494 e. The van der Waals surface area contributed by atoms with Crippen LogP contribution in [0, 0.1) is 0 Å². The molecule has 0 fully saturated rings. The summed E-state index contributed by atoms with van der Waals surface area (Å²) < 4.78 is 15.8. The van der Waals surface area contributed by atoms with Gasteiger partial charge in [0.25, 0.3) is 11.8 Å². The van der Waals surface area contributed by atoms with E-state index in [0.29, 0.717) is 19.6 Å². The molecular weight excluding hydrogens is 462 g/mol. The fourth-order valence-corrected chi connectivity index (χ4v) is 2.98. The van der Waals surface area contributed by atoms with E-state index >= 15 is 0 Å². The van der Waals surface area contributed by atoms with Gasteiger partial charge in [0, 0.05) is 26.0 Å². The molecule has 1 rings (SSSR count). The van der Waals surface area contributed by atoms with E-state index in [9.17, 15) is 14.4 Å². The standard InChI is InChI=1S/C27H41N3O6/c1-6-7-14-35-15-9-13-28-26(32)22-17-23(34-5)25(29-18-22)27(33)30-19-24(31)36-16-12-21(4)11-8-10-20(2)3/h10,12,17-18H,6-9,11,13-16,19H2,1-5H3,(H,28,32)(H,30,33)/b21-12+. The van der Waals surface area contributed by atoms with Crippen LogP contribution in [0.25, 0.3) is 0 Å². The zero-order valence-electron chi connectivity index (χ0n) is 22.3. The Hall–Kier alpha value is -3.20. The van der Waals surface area contributed by atoms with Crippen molar-refractivity contribution in [2.75, 3.05) is 40.0 Å². The minimum Gasteiger partial charge on any atom is -0.494 e. The SMILES string of the molecule is CCCCOCCCNC(=O)c1cnc(C(=O)NCC(=O)OC/C=C(\C)CCC=C(C)C)c(OC)c1. The summed E-state index contributed by atoms with van der Waals surface area (Å²) in [6, 6.07) is 1.44. The summed E-state index contributed by atoms with van der Waals surface area (Å²) in [5.41, 5.74) is 2.64. The maximum absolute atomic E-state index is 12.5. The third-order valence-electron chi connectivity index (χ3n) is 5.10. The minimum atomic E-state index is -0.603. The normalized spacial score (nSPS) is 11.0. The number of esters is 1. The van der Waals surface area contributed by atoms with Gasteiger partial charge in [-0.15, -0.1) is 0 Å². The van der Waals surface area contributed by atoms with Crippen molar-refractivity contribution in [1.82, 2.24) is 15.6 Å². The molecule has 0 aliphatic rings. The van der Waals surface area contributed by atoms with Gasteiger partial charge in [0.05, 0.1) is 12.7 Å². The van der Waals surface area contributed by atoms with E-state index in [1.807, 2.05) is 13.0 Å². The summed E-state index contributed by atoms with van der Waals surface area (Å²) >= 11 is 0. The lowest BCUT2D eigenvalue weighted by Crippen LogP contribution is -2.32. The number of nitrogens with zero attached hydrogens (tertiary/aromatic N) is 1. The Morgan fingerprint density at radius 2 is 1.78 bits per heavy atom. The van der Waals surface area contributed by atoms with Crippen LogP contribution in [0.2, 0.25) is 0 Å². The number of carbonyl (C=O) groups is 3. The van der Waals surface area contributed by atoms with Crippen molar-refractivity contribution in [2.45, 2.75) is 59.8 Å². The van der Waals surface area contributed by atoms with E-state index in [0.717, 1.165) is 37.9 Å². The van der Waals surface area contributed by atoms with Crippen LogP contribution in [0.4, 0.5) is 0 Å². The molecule has 0 aliphatic carbocycles. The van der Waals surface area contributed by atoms with E-state index < -0.39 is 11.9 Å². The van der Waals surface area contributed by atoms with Crippen LogP contribution in [-0.4, -0.2) is 62.8 Å². The molecule has 0 atom stereocenters. The minimum absolute atomic E-state index is 0.0267. The fourth-order valence-electron chi connectivity index (χ4n) is 2.98. The first-order valence-corrected chi connectivity index (χ1v) is 12.4. The van der Waals surface area contributed by atoms with Gasteiger partial charge in [0.2, 0.25) is 0 Å². The van der Waals surface area contributed by atoms with Crippen LogP contribution in [0.3, 0.4) is 0 Å². The van der Waals surface area contributed by atoms with Crippen molar-refractivity contribution in [3.05, 3.63) is 46.8 Å². The van der Waals surface area contributed by atoms with Crippen LogP contribution >= 0.6 is 0 Å². The third kappa shape index (κ3) is 13.0. The van der Waals surface area contributed by atoms with Gasteiger partial charge in [0.1, 0.15) is 13.2 Å². The van der Waals surface area contributed by atoms with Crippen LogP contribution < -0.4 is 15.4 Å². The van der Waals surface area contributed by atoms with Crippen LogP contribution in [-0.2, 0) is 14.3 Å². The number of nitrogens with one attached hydrogen (secondary N) is 2. The monoisotopic (exact) mass is 503 g/mol. The summed E-state index contributed by atoms with van der Waals surface area (Å²) in [7, 11) is 1.38. The predicted molar refractivity (Wildman–Crippen MR) is 139 cm³/mol. The second-order valence-corrected chi connectivity index (χ2v) is 8.59. The Morgan fingerprint density at radius 3 is 2.47 bits per heavy atom. The zero-order chi connectivity index (χ0) is 26.8. The molecule has 0 bridgehead atoms. The lowest BCUT2D eigenvalue weighted by Gasteiger charge is -2.11. The summed E-state index contributed by atoms with van der Waals surface area (Å²) in [5.74, 6) is -1.36. The molecule has 2 amide bonds. The summed E-state index contributed by atoms with van der Waals surface area (Å²) in [5, 5.41) is 5.26. The highest BCUT2D eigenvalue weighted by Gasteiger charge is 2.18. The average Bonchev–Trinajstić information content (AvgIpc) is 2.85. The fraction of sp³-hybridized carbons (Fsp3) is 0.556. The zero-order valence-corrected chi connectivity index (χ0v) is 22.3. The van der Waals surface area contributed by atoms with E-state index in [-0.39, 0.29) is 36.1 Å². The molecule has 1 aromatic heterocycles. The Balaban J connectivity index is 2.48. The van der Waals surface area contributed by atoms with E-state index in [2.05, 4.69) is 42.5 Å². The van der Waals surface area contributed by atoms with Gasteiger partial charge in [-0.1, -0.05) is 30.6 Å². The van der Waals surface area contributed by atoms with Crippen molar-refractivity contribution < 1.29 is 28.6 Å². The van der Waals surface area contributed by atoms with Gasteiger partial charge in [-0.05, 0) is 58.6 Å². The number of methoxy groups -OCH3 is 1. The van der Waals surface area contributed by atoms with Crippen molar-refractivity contribution in [3.8, 4) is 5.75 Å². The Morgan fingerprint density at radius 1 is 1.03 bits per heavy atom. The van der Waals surface area contributed by atoms with Crippen LogP contribution in [0.5, 0.6) is 5.75 Å². The first-order chi connectivity index (χ1) is 17.3. The average molecular weight is 504 g/mol. The molecule has 1 heterocycles. The number of carbonyl (C=O) groups excluding carboxylic acids is 3. The number of allylic oxidation sites excluding steroid dienone is 3. The number of unbranched alkanes of at least 4 members (excludes halogenated alkanes) is 1. The molecule has 0 aliphatic heterocycles. The molecule has 0 aromatic carbocycles. The molecule has 0 spiro atoms. The summed E-state index contributed by atoms with van der Waals surface area (Å²) in [6.45, 7) is 9.79. The Labute approximate surface area is 214 Å². The summed E-state index contributed by atoms with van der Waals surface area (Å²) in [4.78, 5) is 40.9. The van der Waals surface area contributed by atoms with Crippen LogP contribution in [0.15, 0.2) is 35.6 Å². The van der Waals surface area contributed by atoms with Crippen molar-refractivity contribution in [3.63, 3.8) is 0 Å². The van der Waals surface area contributed by atoms with Gasteiger partial charge >= 0.3 is 5.97 Å². The first-order valence-electron chi connectivity index (χ1n) is 12.4. The molecule has 0 saturated heterocycles. The number of hydrogen-bond acceptors (Lipinski definition) is 7. The highest BCUT2D eigenvalue weighted by Crippen LogP contribution is 2.17. The second-order valence-electron chi connectivity index (χ2n) is 8.59. The van der Waals surface area contributed by atoms with Crippen molar-refractivity contribution in [2.24, 2.45) is 0 Å². The van der Waals surface area contributed by atoms with Gasteiger partial charge in [-0.25, -0.2) is 4.98 Å². The molecule has 9 heteroatoms. The molecule has 36 heavy (non-hydrogen) atoms. The van der Waals surface area contributed by atoms with Gasteiger partial charge in [-0.2, -0.15) is 0 Å². The number of pyridine rings is 1. The second kappa shape index (κ2) is 18.1. The molecule has 0 radical (unpaired) electrons. The number of amides is 2. The van der Waals surface area contributed by atoms with Gasteiger partial charge in [-0.3, -0.25) is 14.4 Å². The number of ether oxygens (including phenoxy) is 3. The highest BCUT2D eigenvalue weighted by atomic mass is 16.5. The number of rotatable bonds is 17. The molecular formula is C27H41N3O6. The van der Waals surface area contributed by atoms with E-state index in [4.69, 9.17) is 14.2 Å². The van der Waals surface area contributed by atoms with Crippen LogP contribution in [0.1, 0.15) is 80.6 Å². The van der Waals surface area contributed by atoms with E-state index in [1.54, 1.807) is 0 Å². The number of aromatic nitrogens is 1. The smallest absolute Gasteiger partial charge is 0.325 e. The first kappa shape index (κ1) is 30.8. The predicted octanol–water partition coefficient (Wildman–Crippen LogP) is 3.99. The maximum atomic E-state index is 12.5. The van der Waals surface area contributed by atoms with Crippen molar-refractivity contribution in [1.29, 1.82) is 0 Å². The molecule has 9 nitrogen and oxygen atoms in total.